The van der Waals surface area contributed by atoms with Crippen LogP contribution in [0.2, 0.25) is 0 Å². The summed E-state index contributed by atoms with van der Waals surface area (Å²) in [6.07, 6.45) is 2.09. The fourth-order valence-corrected chi connectivity index (χ4v) is 3.13. The van der Waals surface area contributed by atoms with E-state index in [1.54, 1.807) is 26.4 Å². The maximum atomic E-state index is 10.9. The van der Waals surface area contributed by atoms with Crippen LogP contribution in [-0.4, -0.2) is 37.0 Å². The molecule has 0 radical (unpaired) electrons. The van der Waals surface area contributed by atoms with E-state index in [4.69, 9.17) is 9.47 Å². The minimum Gasteiger partial charge on any atom is -0.507 e. The van der Waals surface area contributed by atoms with Gasteiger partial charge in [0.05, 0.1) is 13.2 Å². The first kappa shape index (κ1) is 20.6. The Hall–Kier alpha value is -2.70. The number of phenolic OH excluding ortho intramolecular Hbond substituents is 2. The largest absolute Gasteiger partial charge is 0.507 e. The van der Waals surface area contributed by atoms with E-state index in [0.717, 1.165) is 23.7 Å². The van der Waals surface area contributed by atoms with Gasteiger partial charge >= 0.3 is 0 Å². The SMILES string of the molecule is COCc1cc(Cc2cc(CC=O)c(O)c(CC=O)c2)cc(COC)c1O. The standard InChI is InChI=1S/C21H24O6/c1-26-12-18-10-15(11-19(13-27-2)21(18)25)7-14-8-16(3-5-22)20(24)17(9-14)4-6-23/h5-6,8-11,24-25H,3-4,7,12-13H2,1-2H3. The van der Waals surface area contributed by atoms with E-state index in [2.05, 4.69) is 0 Å². The molecule has 0 aliphatic carbocycles. The zero-order chi connectivity index (χ0) is 19.8. The van der Waals surface area contributed by atoms with Gasteiger partial charge in [-0.15, -0.1) is 0 Å². The fourth-order valence-electron chi connectivity index (χ4n) is 3.13. The summed E-state index contributed by atoms with van der Waals surface area (Å²) in [6.45, 7) is 0.525. The summed E-state index contributed by atoms with van der Waals surface area (Å²) >= 11 is 0. The summed E-state index contributed by atoms with van der Waals surface area (Å²) in [5.41, 5.74) is 4.08. The van der Waals surface area contributed by atoms with Crippen LogP contribution in [0.1, 0.15) is 33.4 Å². The molecule has 144 valence electrons. The molecule has 2 aromatic rings. The highest BCUT2D eigenvalue weighted by molar-refractivity contribution is 5.63. The molecule has 0 spiro atoms. The van der Waals surface area contributed by atoms with Crippen LogP contribution in [0.15, 0.2) is 24.3 Å². The summed E-state index contributed by atoms with van der Waals surface area (Å²) in [5.74, 6) is 0.139. The van der Waals surface area contributed by atoms with Crippen molar-refractivity contribution in [3.05, 3.63) is 57.6 Å². The minimum absolute atomic E-state index is 0.0104. The molecular formula is C21H24O6. The van der Waals surface area contributed by atoms with Crippen LogP contribution in [0, 0.1) is 0 Å². The molecule has 0 aromatic heterocycles. The highest BCUT2D eigenvalue weighted by Gasteiger charge is 2.13. The second-order valence-corrected chi connectivity index (χ2v) is 6.31. The van der Waals surface area contributed by atoms with Gasteiger partial charge in [0.2, 0.25) is 0 Å². The van der Waals surface area contributed by atoms with Gasteiger partial charge in [-0.25, -0.2) is 0 Å². The number of carbonyl (C=O) groups excluding carboxylic acids is 2. The van der Waals surface area contributed by atoms with Gasteiger partial charge in [-0.1, -0.05) is 12.1 Å². The second-order valence-electron chi connectivity index (χ2n) is 6.31. The minimum atomic E-state index is -0.0104. The first-order valence-corrected chi connectivity index (χ1v) is 8.56. The number of rotatable bonds is 10. The summed E-state index contributed by atoms with van der Waals surface area (Å²) in [4.78, 5) is 21.8. The molecule has 0 atom stereocenters. The Labute approximate surface area is 158 Å². The third-order valence-corrected chi connectivity index (χ3v) is 4.27. The number of methoxy groups -OCH3 is 2. The van der Waals surface area contributed by atoms with E-state index in [9.17, 15) is 19.8 Å². The van der Waals surface area contributed by atoms with E-state index >= 15 is 0 Å². The molecule has 0 saturated carbocycles. The molecule has 27 heavy (non-hydrogen) atoms. The number of aldehydes is 2. The molecule has 0 unspecified atom stereocenters. The van der Waals surface area contributed by atoms with Gasteiger partial charge in [0.1, 0.15) is 24.1 Å². The van der Waals surface area contributed by atoms with E-state index in [-0.39, 0.29) is 37.6 Å². The van der Waals surface area contributed by atoms with Gasteiger partial charge in [-0.05, 0) is 29.7 Å². The number of hydrogen-bond donors (Lipinski definition) is 2. The lowest BCUT2D eigenvalue weighted by molar-refractivity contribution is -0.108. The molecule has 0 saturated heterocycles. The van der Waals surface area contributed by atoms with Gasteiger partial charge in [-0.3, -0.25) is 0 Å². The third-order valence-electron chi connectivity index (χ3n) is 4.27. The van der Waals surface area contributed by atoms with Gasteiger partial charge < -0.3 is 29.3 Å². The number of ether oxygens (including phenoxy) is 2. The normalized spacial score (nSPS) is 10.7. The first-order chi connectivity index (χ1) is 13.0. The molecule has 0 fully saturated rings. The van der Waals surface area contributed by atoms with Crippen LogP contribution in [0.4, 0.5) is 0 Å². The van der Waals surface area contributed by atoms with Crippen molar-refractivity contribution >= 4 is 12.6 Å². The number of hydrogen-bond acceptors (Lipinski definition) is 6. The van der Waals surface area contributed by atoms with Crippen molar-refractivity contribution < 1.29 is 29.3 Å². The number of phenols is 2. The van der Waals surface area contributed by atoms with Crippen LogP contribution >= 0.6 is 0 Å². The maximum absolute atomic E-state index is 10.9. The summed E-state index contributed by atoms with van der Waals surface area (Å²) < 4.78 is 10.3. The Balaban J connectivity index is 2.45. The Kier molecular flexibility index (Phi) is 7.52. The van der Waals surface area contributed by atoms with Crippen molar-refractivity contribution in [2.24, 2.45) is 0 Å². The molecule has 2 aromatic carbocycles. The quantitative estimate of drug-likeness (QED) is 0.623. The topological polar surface area (TPSA) is 93.1 Å². The zero-order valence-corrected chi connectivity index (χ0v) is 15.5. The van der Waals surface area contributed by atoms with Crippen LogP contribution < -0.4 is 0 Å². The van der Waals surface area contributed by atoms with Crippen molar-refractivity contribution in [3.8, 4) is 11.5 Å². The summed E-state index contributed by atoms with van der Waals surface area (Å²) in [5, 5.41) is 20.6. The highest BCUT2D eigenvalue weighted by atomic mass is 16.5. The lowest BCUT2D eigenvalue weighted by atomic mass is 9.94. The Bertz CT molecular complexity index is 754. The van der Waals surface area contributed by atoms with Gasteiger partial charge in [0.15, 0.2) is 0 Å². The van der Waals surface area contributed by atoms with Crippen LogP contribution in [0.25, 0.3) is 0 Å². The molecule has 0 amide bonds. The molecule has 0 bridgehead atoms. The van der Waals surface area contributed by atoms with Crippen molar-refractivity contribution in [3.63, 3.8) is 0 Å². The summed E-state index contributed by atoms with van der Waals surface area (Å²) in [7, 11) is 3.11. The number of aromatic hydroxyl groups is 2. The monoisotopic (exact) mass is 372 g/mol. The molecule has 2 rings (SSSR count). The molecular weight excluding hydrogens is 348 g/mol. The third kappa shape index (κ3) is 5.15. The number of carbonyl (C=O) groups is 2. The van der Waals surface area contributed by atoms with Crippen molar-refractivity contribution in [1.29, 1.82) is 0 Å². The highest BCUT2D eigenvalue weighted by Crippen LogP contribution is 2.30. The second kappa shape index (κ2) is 9.85. The Morgan fingerprint density at radius 2 is 1.11 bits per heavy atom. The van der Waals surface area contributed by atoms with E-state index in [1.165, 1.54) is 0 Å². The predicted molar refractivity (Wildman–Crippen MR) is 100.0 cm³/mol. The maximum Gasteiger partial charge on any atom is 0.126 e. The van der Waals surface area contributed by atoms with Crippen molar-refractivity contribution in [2.45, 2.75) is 32.5 Å². The average molecular weight is 372 g/mol. The fraction of sp³-hybridized carbons (Fsp3) is 0.333. The zero-order valence-electron chi connectivity index (χ0n) is 15.5. The molecule has 0 aliphatic heterocycles. The van der Waals surface area contributed by atoms with E-state index in [0.29, 0.717) is 28.7 Å². The lowest BCUT2D eigenvalue weighted by Gasteiger charge is -2.14. The number of benzene rings is 2. The van der Waals surface area contributed by atoms with Crippen LogP contribution in [0.5, 0.6) is 11.5 Å². The molecule has 2 N–H and O–H groups in total. The van der Waals surface area contributed by atoms with Crippen LogP contribution in [-0.2, 0) is 51.5 Å². The Morgan fingerprint density at radius 3 is 1.48 bits per heavy atom. The van der Waals surface area contributed by atoms with Crippen molar-refractivity contribution in [1.82, 2.24) is 0 Å². The molecule has 6 nitrogen and oxygen atoms in total. The molecule has 0 heterocycles. The van der Waals surface area contributed by atoms with Crippen molar-refractivity contribution in [2.75, 3.05) is 14.2 Å². The average Bonchev–Trinajstić information content (AvgIpc) is 2.63. The van der Waals surface area contributed by atoms with E-state index < -0.39 is 0 Å². The van der Waals surface area contributed by atoms with Gasteiger partial charge in [0, 0.05) is 49.3 Å². The predicted octanol–water partition coefficient (Wildman–Crippen LogP) is 2.46. The molecule has 0 aliphatic rings. The Morgan fingerprint density at radius 1 is 0.741 bits per heavy atom. The van der Waals surface area contributed by atoms with Crippen LogP contribution in [0.3, 0.4) is 0 Å². The molecule has 6 heteroatoms. The van der Waals surface area contributed by atoms with Gasteiger partial charge in [0.25, 0.3) is 0 Å². The van der Waals surface area contributed by atoms with E-state index in [1.807, 2.05) is 12.1 Å². The van der Waals surface area contributed by atoms with Gasteiger partial charge in [-0.2, -0.15) is 0 Å². The smallest absolute Gasteiger partial charge is 0.126 e. The summed E-state index contributed by atoms with van der Waals surface area (Å²) in [6, 6.07) is 7.22. The lowest BCUT2D eigenvalue weighted by Crippen LogP contribution is -2.01. The first-order valence-electron chi connectivity index (χ1n) is 8.56.